The number of anilines is 4. The van der Waals surface area contributed by atoms with Crippen molar-refractivity contribution < 1.29 is 38.9 Å². The molecule has 16 nitrogen and oxygen atoms in total. The maximum Gasteiger partial charge on any atom is 0.316 e. The van der Waals surface area contributed by atoms with Crippen LogP contribution in [-0.2, 0) is 28.8 Å². The molecule has 1 spiro atoms. The summed E-state index contributed by atoms with van der Waals surface area (Å²) in [4.78, 5) is 69.5. The van der Waals surface area contributed by atoms with E-state index in [2.05, 4.69) is 67.5 Å². The molecule has 6 aromatic carbocycles. The number of aryl methyl sites for hydroxylation is 2. The van der Waals surface area contributed by atoms with Gasteiger partial charge in [0, 0.05) is 57.0 Å². The van der Waals surface area contributed by atoms with Gasteiger partial charge in [-0.2, -0.15) is 5.10 Å². The molecule has 11 rings (SSSR count). The average Bonchev–Trinajstić information content (AvgIpc) is 1.96. The van der Waals surface area contributed by atoms with Crippen molar-refractivity contribution in [2.75, 3.05) is 35.3 Å². The number of aromatic hydroxyl groups is 1. The third-order valence-corrected chi connectivity index (χ3v) is 18.2. The number of hydrogen-bond acceptors (Lipinski definition) is 15. The molecule has 1 fully saturated rings. The van der Waals surface area contributed by atoms with Crippen molar-refractivity contribution in [1.82, 2.24) is 5.43 Å². The van der Waals surface area contributed by atoms with Crippen LogP contribution in [0, 0.1) is 44.6 Å². The first-order valence-corrected chi connectivity index (χ1v) is 30.8. The molecule has 88 heavy (non-hydrogen) atoms. The van der Waals surface area contributed by atoms with Gasteiger partial charge in [-0.05, 0) is 124 Å². The van der Waals surface area contributed by atoms with Crippen LogP contribution in [0.15, 0.2) is 161 Å². The van der Waals surface area contributed by atoms with Gasteiger partial charge in [-0.3, -0.25) is 29.4 Å². The highest BCUT2D eigenvalue weighted by molar-refractivity contribution is 8.16. The lowest BCUT2D eigenvalue weighted by Gasteiger charge is -2.37. The van der Waals surface area contributed by atoms with Gasteiger partial charge in [0.05, 0.1) is 40.5 Å². The normalized spacial score (nSPS) is 18.7. The number of aliphatic hydroxyl groups excluding tert-OH is 1. The Hall–Kier alpha value is -8.73. The Morgan fingerprint density at radius 3 is 2.23 bits per heavy atom. The minimum Gasteiger partial charge on any atom is -0.511 e. The number of nitrogen functional groups attached to an aromatic ring is 1. The SMILES string of the molecule is CCCC(=O)C1=C(O)C(C(=O)OC)C(C)(C)CC1=Nc1ccccc1O.Cc1c(Cl)cccc1NC(=O)[C@@H]1C[C@@H]1c1ccccc1.Cc1ccc(C2=NNC3(S2)C(=O)Nc2ccc(C)cc23)cc1.[C-]#[N+]c1c(NCC)sc(C(=O)c2ccc(Cl)cc2)c1N. The van der Waals surface area contributed by atoms with E-state index in [0.29, 0.717) is 61.5 Å². The summed E-state index contributed by atoms with van der Waals surface area (Å²) in [6, 6.07) is 43.1. The third-order valence-electron chi connectivity index (χ3n) is 15.1. The van der Waals surface area contributed by atoms with E-state index in [1.165, 1.54) is 47.4 Å². The zero-order chi connectivity index (χ0) is 63.6. The highest BCUT2D eigenvalue weighted by Crippen LogP contribution is 2.50. The maximum atomic E-state index is 12.6. The van der Waals surface area contributed by atoms with E-state index in [0.717, 1.165) is 45.1 Å². The number of benzene rings is 6. The fourth-order valence-electron chi connectivity index (χ4n) is 10.3. The number of amides is 2. The monoisotopic (exact) mass is 1260 g/mol. The molecule has 7 aromatic rings. The Labute approximate surface area is 530 Å². The number of halogens is 2. The molecule has 4 atom stereocenters. The van der Waals surface area contributed by atoms with Crippen LogP contribution in [0.4, 0.5) is 33.4 Å². The molecule has 2 aliphatic heterocycles. The summed E-state index contributed by atoms with van der Waals surface area (Å²) in [5, 5.41) is 36.9. The number of nitrogens with zero attached hydrogens (tertiary/aromatic N) is 3. The molecule has 4 aliphatic rings. The minimum absolute atomic E-state index is 0.0188. The Balaban J connectivity index is 0.000000153. The number of para-hydroxylation sites is 2. The second kappa shape index (κ2) is 28.4. The second-order valence-corrected chi connectivity index (χ2v) is 25.1. The molecule has 2 aliphatic carbocycles. The number of esters is 1. The van der Waals surface area contributed by atoms with Gasteiger partial charge in [0.25, 0.3) is 5.91 Å². The Bertz CT molecular complexity index is 3940. The van der Waals surface area contributed by atoms with Gasteiger partial charge < -0.3 is 36.6 Å². The van der Waals surface area contributed by atoms with E-state index in [9.17, 15) is 34.2 Å². The predicted octanol–water partition coefficient (Wildman–Crippen LogP) is 15.6. The lowest BCUT2D eigenvalue weighted by atomic mass is 9.67. The van der Waals surface area contributed by atoms with Gasteiger partial charge in [-0.1, -0.05) is 152 Å². The molecule has 1 aromatic heterocycles. The van der Waals surface area contributed by atoms with Crippen molar-refractivity contribution in [1.29, 1.82) is 0 Å². The van der Waals surface area contributed by atoms with Gasteiger partial charge >= 0.3 is 5.97 Å². The van der Waals surface area contributed by atoms with Crippen LogP contribution in [0.25, 0.3) is 4.85 Å². The van der Waals surface area contributed by atoms with Crippen molar-refractivity contribution in [3.05, 3.63) is 216 Å². The highest BCUT2D eigenvalue weighted by atomic mass is 35.5. The van der Waals surface area contributed by atoms with Crippen LogP contribution in [0.3, 0.4) is 0 Å². The van der Waals surface area contributed by atoms with Crippen LogP contribution < -0.4 is 27.1 Å². The Morgan fingerprint density at radius 2 is 1.57 bits per heavy atom. The van der Waals surface area contributed by atoms with Gasteiger partial charge in [-0.15, -0.1) is 11.3 Å². The van der Waals surface area contributed by atoms with Crippen molar-refractivity contribution in [3.63, 3.8) is 0 Å². The molecular formula is C68H68Cl2N8O8S2. The number of aliphatic imine (C=N–C) groups is 1. The fraction of sp³-hybridized carbons (Fsp3) is 0.265. The van der Waals surface area contributed by atoms with E-state index in [1.54, 1.807) is 42.5 Å². The van der Waals surface area contributed by atoms with Crippen LogP contribution in [0.2, 0.25) is 10.0 Å². The zero-order valence-electron chi connectivity index (χ0n) is 49.9. The first-order chi connectivity index (χ1) is 42.0. The van der Waals surface area contributed by atoms with Gasteiger partial charge in [-0.25, -0.2) is 9.84 Å². The molecule has 0 bridgehead atoms. The Kier molecular flexibility index (Phi) is 21.1. The number of ether oxygens (including phenoxy) is 1. The second-order valence-electron chi connectivity index (χ2n) is 22.0. The molecule has 1 saturated carbocycles. The topological polar surface area (TPSA) is 238 Å². The lowest BCUT2D eigenvalue weighted by molar-refractivity contribution is -0.149. The maximum absolute atomic E-state index is 12.6. The van der Waals surface area contributed by atoms with E-state index in [4.69, 9.17) is 40.2 Å². The number of aliphatic hydroxyl groups is 1. The van der Waals surface area contributed by atoms with E-state index in [-0.39, 0.29) is 64.9 Å². The molecule has 0 saturated heterocycles. The number of Topliss-reactive ketones (excluding diaryl/α,β-unsaturated/α-hetero) is 1. The molecule has 0 radical (unpaired) electrons. The standard InChI is InChI=1S/C20H25NO5.C17H16ClNO.C17H15N3OS.C14H12ClN3OS/c1-5-8-15(23)16-13(21-12-9-6-7-10-14(12)22)11-20(2,3)17(18(16)24)19(25)26-4;1-11-15(18)8-5-9-16(11)19-17(20)14-10-13(14)12-6-3-2-4-7-12;1-10-3-6-12(7-4-10)15-19-20-17(22-15)13-9-11(2)5-8-14(13)18-16(17)21;1-3-18-14-11(17-2)10(16)13(20-14)12(19)8-4-6-9(15)7-5-8/h6-7,9-10,17,22,24H,5,8,11H2,1-4H3;2-9,13-14H,10H2,1H3,(H,19,20);3-9,20H,1-2H3,(H,18,21);4-7,18H,3,16H2,1H3/t;13-,14-;;/m.1../s1. The molecule has 2 amide bonds. The summed E-state index contributed by atoms with van der Waals surface area (Å²) in [7, 11) is 1.25. The molecule has 3 heterocycles. The summed E-state index contributed by atoms with van der Waals surface area (Å²) < 4.78 is 4.83. The summed E-state index contributed by atoms with van der Waals surface area (Å²) in [5.74, 6) is -1.86. The van der Waals surface area contributed by atoms with E-state index >= 15 is 0 Å². The summed E-state index contributed by atoms with van der Waals surface area (Å²) in [6.45, 7) is 21.2. The first kappa shape index (κ1) is 65.2. The molecule has 454 valence electrons. The number of hydrazone groups is 1. The summed E-state index contributed by atoms with van der Waals surface area (Å²) >= 11 is 14.5. The first-order valence-electron chi connectivity index (χ1n) is 28.4. The number of carbonyl (C=O) groups is 5. The minimum atomic E-state index is -0.938. The number of fused-ring (bicyclic) bond motifs is 2. The van der Waals surface area contributed by atoms with E-state index in [1.807, 2.05) is 108 Å². The molecule has 2 unspecified atom stereocenters. The number of nitrogens with two attached hydrogens (primary N) is 1. The fourth-order valence-corrected chi connectivity index (χ4v) is 12.8. The number of allylic oxidation sites excluding steroid dienone is 1. The summed E-state index contributed by atoms with van der Waals surface area (Å²) in [6.07, 6.45) is 2.05. The van der Waals surface area contributed by atoms with Crippen LogP contribution in [0.5, 0.6) is 5.75 Å². The number of carbonyl (C=O) groups excluding carboxylic acids is 5. The zero-order valence-corrected chi connectivity index (χ0v) is 53.0. The number of ketones is 2. The number of methoxy groups -OCH3 is 1. The van der Waals surface area contributed by atoms with E-state index < -0.39 is 22.2 Å². The average molecular weight is 1260 g/mol. The number of thioether (sulfide) groups is 1. The number of nitrogens with one attached hydrogen (secondary N) is 4. The van der Waals surface area contributed by atoms with Crippen molar-refractivity contribution >= 4 is 120 Å². The molecule has 20 heteroatoms. The highest BCUT2D eigenvalue weighted by Gasteiger charge is 2.52. The lowest BCUT2D eigenvalue weighted by Crippen LogP contribution is -2.41. The van der Waals surface area contributed by atoms with Crippen molar-refractivity contribution in [2.24, 2.45) is 27.3 Å². The number of thiophene rings is 1. The predicted molar refractivity (Wildman–Crippen MR) is 355 cm³/mol. The molecular weight excluding hydrogens is 1190 g/mol. The van der Waals surface area contributed by atoms with Crippen molar-refractivity contribution in [2.45, 2.75) is 84.9 Å². The van der Waals surface area contributed by atoms with Crippen LogP contribution in [-0.4, -0.2) is 64.0 Å². The Morgan fingerprint density at radius 1 is 0.886 bits per heavy atom. The number of hydrogen-bond donors (Lipinski definition) is 7. The molecule has 8 N–H and O–H groups in total. The van der Waals surface area contributed by atoms with Gasteiger partial charge in [0.15, 0.2) is 5.78 Å². The number of phenolic OH excluding ortho intramolecular Hbond substituents is 1. The van der Waals surface area contributed by atoms with Crippen LogP contribution >= 0.6 is 46.3 Å². The summed E-state index contributed by atoms with van der Waals surface area (Å²) in [5.41, 5.74) is 18.2. The number of phenols is 1. The number of rotatable bonds is 13. The van der Waals surface area contributed by atoms with Crippen LogP contribution in [0.1, 0.15) is 108 Å². The smallest absolute Gasteiger partial charge is 0.316 e. The third kappa shape index (κ3) is 14.6. The van der Waals surface area contributed by atoms with Crippen molar-refractivity contribution in [3.8, 4) is 5.75 Å². The largest absolute Gasteiger partial charge is 0.511 e. The quantitative estimate of drug-likeness (QED) is 0.0324. The van der Waals surface area contributed by atoms with Gasteiger partial charge in [0.2, 0.25) is 22.2 Å². The van der Waals surface area contributed by atoms with Gasteiger partial charge in [0.1, 0.15) is 28.2 Å².